The maximum absolute atomic E-state index is 9.70. The molecule has 0 amide bonds. The van der Waals surface area contributed by atoms with Gasteiger partial charge in [-0.25, -0.2) is 0 Å². The Morgan fingerprint density at radius 2 is 1.13 bits per heavy atom. The van der Waals surface area contributed by atoms with Gasteiger partial charge in [-0.1, -0.05) is 0 Å². The molecule has 0 saturated carbocycles. The minimum atomic E-state index is -0.773. The largest absolute Gasteiger partial charge is 0.481 e. The molecule has 0 heterocycles. The van der Waals surface area contributed by atoms with E-state index >= 15 is 0 Å². The van der Waals surface area contributed by atoms with Crippen LogP contribution in [0.4, 0.5) is 0 Å². The van der Waals surface area contributed by atoms with E-state index in [9.17, 15) is 9.59 Å². The Bertz CT molecular complexity index is 149. The van der Waals surface area contributed by atoms with Crippen molar-refractivity contribution in [2.45, 2.75) is 25.7 Å². The molecule has 0 atom stereocenters. The fourth-order valence-corrected chi connectivity index (χ4v) is 0.507. The molecule has 0 aliphatic heterocycles. The average molecular weight is 262 g/mol. The van der Waals surface area contributed by atoms with Gasteiger partial charge in [0.05, 0.1) is 0 Å². The van der Waals surface area contributed by atoms with Gasteiger partial charge in [-0.3, -0.25) is 9.59 Å². The fourth-order valence-electron chi connectivity index (χ4n) is 0.507. The van der Waals surface area contributed by atoms with E-state index in [1.165, 1.54) is 0 Å². The van der Waals surface area contributed by atoms with Crippen LogP contribution in [0.15, 0.2) is 0 Å². The summed E-state index contributed by atoms with van der Waals surface area (Å²) in [5.41, 5.74) is 10.0. The Balaban J connectivity index is -0.000000180. The van der Waals surface area contributed by atoms with Crippen LogP contribution in [0, 0.1) is 0 Å². The predicted molar refractivity (Wildman–Crippen MR) is 51.8 cm³/mol. The van der Waals surface area contributed by atoms with Crippen molar-refractivity contribution in [3.05, 3.63) is 0 Å². The van der Waals surface area contributed by atoms with Gasteiger partial charge in [0, 0.05) is 29.9 Å². The van der Waals surface area contributed by atoms with E-state index in [0.717, 1.165) is 0 Å². The minimum absolute atomic E-state index is 0. The Kier molecular flexibility index (Phi) is 21.0. The normalized spacial score (nSPS) is 8.13. The molecule has 6 N–H and O–H groups in total. The van der Waals surface area contributed by atoms with Crippen molar-refractivity contribution in [1.29, 1.82) is 0 Å². The van der Waals surface area contributed by atoms with Gasteiger partial charge in [0.25, 0.3) is 0 Å². The van der Waals surface area contributed by atoms with Gasteiger partial charge in [0.1, 0.15) is 0 Å². The summed E-state index contributed by atoms with van der Waals surface area (Å²) in [7, 11) is 0. The molecule has 0 fully saturated rings. The first kappa shape index (κ1) is 19.9. The molecule has 0 spiro atoms. The molecule has 0 bridgehead atoms. The van der Waals surface area contributed by atoms with Crippen molar-refractivity contribution in [1.82, 2.24) is 0 Å². The number of nitrogens with two attached hydrogens (primary N) is 2. The summed E-state index contributed by atoms with van der Waals surface area (Å²) >= 11 is 0. The van der Waals surface area contributed by atoms with Crippen LogP contribution in [0.1, 0.15) is 25.7 Å². The third-order valence-electron chi connectivity index (χ3n) is 1.19. The second-order valence-corrected chi connectivity index (χ2v) is 2.57. The number of aliphatic carboxylic acids is 2. The molecule has 0 aliphatic rings. The van der Waals surface area contributed by atoms with Gasteiger partial charge in [0.15, 0.2) is 0 Å². The number of hydrogen-bond acceptors (Lipinski definition) is 4. The summed E-state index contributed by atoms with van der Waals surface area (Å²) in [6.45, 7) is 0.929. The SMILES string of the molecule is NCCCC(=O)O.NCCCC(=O)O.[Fe]. The van der Waals surface area contributed by atoms with Crippen molar-refractivity contribution < 1.29 is 36.9 Å². The average Bonchev–Trinajstić information content (AvgIpc) is 2.12. The summed E-state index contributed by atoms with van der Waals surface area (Å²) < 4.78 is 0. The molecule has 0 aromatic rings. The molecule has 0 aromatic carbocycles. The number of hydrogen-bond donors (Lipinski definition) is 4. The summed E-state index contributed by atoms with van der Waals surface area (Å²) in [5, 5.41) is 16.0. The topological polar surface area (TPSA) is 127 Å². The van der Waals surface area contributed by atoms with E-state index in [-0.39, 0.29) is 29.9 Å². The van der Waals surface area contributed by atoms with Gasteiger partial charge >= 0.3 is 11.9 Å². The van der Waals surface area contributed by atoms with Gasteiger partial charge in [0.2, 0.25) is 0 Å². The number of carboxylic acid groups (broad SMARTS) is 2. The molecule has 0 saturated heterocycles. The molecule has 15 heavy (non-hydrogen) atoms. The Morgan fingerprint density at radius 1 is 0.867 bits per heavy atom. The van der Waals surface area contributed by atoms with Crippen LogP contribution in [0.5, 0.6) is 0 Å². The number of carbonyl (C=O) groups is 2. The molecule has 0 radical (unpaired) electrons. The van der Waals surface area contributed by atoms with Crippen molar-refractivity contribution in [2.24, 2.45) is 11.5 Å². The van der Waals surface area contributed by atoms with Gasteiger partial charge in [-0.15, -0.1) is 0 Å². The fraction of sp³-hybridized carbons (Fsp3) is 0.750. The Morgan fingerprint density at radius 3 is 1.20 bits per heavy atom. The molecule has 0 unspecified atom stereocenters. The molecule has 6 nitrogen and oxygen atoms in total. The number of rotatable bonds is 6. The minimum Gasteiger partial charge on any atom is -0.481 e. The molecule has 7 heteroatoms. The van der Waals surface area contributed by atoms with Crippen LogP contribution >= 0.6 is 0 Å². The van der Waals surface area contributed by atoms with E-state index in [4.69, 9.17) is 21.7 Å². The third kappa shape index (κ3) is 31.8. The molecular weight excluding hydrogens is 244 g/mol. The van der Waals surface area contributed by atoms with Crippen molar-refractivity contribution >= 4 is 11.9 Å². The zero-order valence-corrected chi connectivity index (χ0v) is 9.57. The van der Waals surface area contributed by atoms with E-state index in [2.05, 4.69) is 0 Å². The summed E-state index contributed by atoms with van der Waals surface area (Å²) in [6, 6.07) is 0. The maximum Gasteiger partial charge on any atom is 0.303 e. The smallest absolute Gasteiger partial charge is 0.303 e. The van der Waals surface area contributed by atoms with Crippen LogP contribution in [-0.2, 0) is 26.7 Å². The van der Waals surface area contributed by atoms with Crippen molar-refractivity contribution in [3.63, 3.8) is 0 Å². The first-order valence-corrected chi connectivity index (χ1v) is 4.38. The molecule has 0 aromatic heterocycles. The van der Waals surface area contributed by atoms with Crippen LogP contribution in [-0.4, -0.2) is 35.2 Å². The summed E-state index contributed by atoms with van der Waals surface area (Å²) in [4.78, 5) is 19.4. The monoisotopic (exact) mass is 262 g/mol. The Labute approximate surface area is 99.5 Å². The van der Waals surface area contributed by atoms with Gasteiger partial charge < -0.3 is 21.7 Å². The van der Waals surface area contributed by atoms with Crippen molar-refractivity contribution in [3.8, 4) is 0 Å². The summed E-state index contributed by atoms with van der Waals surface area (Å²) in [6.07, 6.45) is 1.54. The second-order valence-electron chi connectivity index (χ2n) is 2.57. The first-order valence-electron chi connectivity index (χ1n) is 4.38. The van der Waals surface area contributed by atoms with Crippen LogP contribution < -0.4 is 11.5 Å². The third-order valence-corrected chi connectivity index (χ3v) is 1.19. The van der Waals surface area contributed by atoms with Crippen LogP contribution in [0.2, 0.25) is 0 Å². The van der Waals surface area contributed by atoms with Gasteiger partial charge in [-0.05, 0) is 25.9 Å². The van der Waals surface area contributed by atoms with Gasteiger partial charge in [-0.2, -0.15) is 0 Å². The zero-order valence-electron chi connectivity index (χ0n) is 8.46. The van der Waals surface area contributed by atoms with E-state index < -0.39 is 11.9 Å². The first-order chi connectivity index (χ1) is 6.54. The Hall–Kier alpha value is -0.621. The molecular formula is C8H18FeN2O4. The molecule has 92 valence electrons. The zero-order chi connectivity index (χ0) is 11.4. The standard InChI is InChI=1S/2C4H9NO2.Fe/c2*5-3-1-2-4(6)7;/h2*1-3,5H2,(H,6,7);. The predicted octanol–water partition coefficient (Wildman–Crippen LogP) is -0.383. The van der Waals surface area contributed by atoms with Crippen LogP contribution in [0.25, 0.3) is 0 Å². The quantitative estimate of drug-likeness (QED) is 0.483. The second kappa shape index (κ2) is 15.8. The van der Waals surface area contributed by atoms with E-state index in [1.54, 1.807) is 0 Å². The van der Waals surface area contributed by atoms with Crippen molar-refractivity contribution in [2.75, 3.05) is 13.1 Å². The van der Waals surface area contributed by atoms with E-state index in [0.29, 0.717) is 25.9 Å². The van der Waals surface area contributed by atoms with E-state index in [1.807, 2.05) is 0 Å². The molecule has 0 aliphatic carbocycles. The van der Waals surface area contributed by atoms with Crippen LogP contribution in [0.3, 0.4) is 0 Å². The maximum atomic E-state index is 9.70. The summed E-state index contributed by atoms with van der Waals surface area (Å²) in [5.74, 6) is -1.55. The number of carboxylic acids is 2. The molecule has 0 rings (SSSR count).